The van der Waals surface area contributed by atoms with Crippen LogP contribution in [0.1, 0.15) is 24.0 Å². The SMILES string of the molecule is CN1C(=O)Nc2cc(CN3CNC=CC3=O)ccc2[C@@]1(C#CC1CC1)C(F)(F)F. The summed E-state index contributed by atoms with van der Waals surface area (Å²) >= 11 is 0. The van der Waals surface area contributed by atoms with Crippen LogP contribution in [0.4, 0.5) is 23.7 Å². The number of halogens is 3. The number of carbonyl (C=O) groups is 2. The number of amides is 3. The Labute approximate surface area is 165 Å². The van der Waals surface area contributed by atoms with Gasteiger partial charge in [-0.1, -0.05) is 24.0 Å². The maximum absolute atomic E-state index is 14.3. The fourth-order valence-electron chi connectivity index (χ4n) is 3.47. The van der Waals surface area contributed by atoms with Crippen molar-refractivity contribution in [3.63, 3.8) is 0 Å². The standard InChI is InChI=1S/C20H19F3N4O2/c1-26-18(29)25-16-10-14(11-27-12-24-9-7-17(27)28)4-5-15(16)19(26,20(21,22)23)8-6-13-2-3-13/h4-5,7,9-10,13,24H,2-3,11-12H2,1H3,(H,25,29)/t19-/m0/s1. The fourth-order valence-corrected chi connectivity index (χ4v) is 3.47. The van der Waals surface area contributed by atoms with Crippen LogP contribution in [0.2, 0.25) is 0 Å². The summed E-state index contributed by atoms with van der Waals surface area (Å²) in [6.45, 7) is 0.489. The number of alkyl halides is 3. The molecule has 3 aliphatic rings. The van der Waals surface area contributed by atoms with Crippen LogP contribution < -0.4 is 10.6 Å². The molecule has 9 heteroatoms. The Morgan fingerprint density at radius 1 is 1.28 bits per heavy atom. The molecule has 1 saturated carbocycles. The molecule has 2 aliphatic heterocycles. The summed E-state index contributed by atoms with van der Waals surface area (Å²) in [7, 11) is 1.10. The first kappa shape index (κ1) is 19.2. The monoisotopic (exact) mass is 404 g/mol. The van der Waals surface area contributed by atoms with E-state index < -0.39 is 17.7 Å². The zero-order valence-electron chi connectivity index (χ0n) is 15.6. The molecule has 0 saturated heterocycles. The van der Waals surface area contributed by atoms with E-state index in [4.69, 9.17) is 0 Å². The Hall–Kier alpha value is -3.15. The first-order valence-corrected chi connectivity index (χ1v) is 9.19. The topological polar surface area (TPSA) is 64.7 Å². The summed E-state index contributed by atoms with van der Waals surface area (Å²) in [5.74, 6) is 4.82. The second kappa shape index (κ2) is 6.72. The normalized spacial score (nSPS) is 23.7. The molecule has 4 rings (SSSR count). The summed E-state index contributed by atoms with van der Waals surface area (Å²) in [4.78, 5) is 26.4. The molecule has 0 aromatic heterocycles. The second-order valence-electron chi connectivity index (χ2n) is 7.35. The lowest BCUT2D eigenvalue weighted by Gasteiger charge is -2.43. The Kier molecular flexibility index (Phi) is 4.45. The number of fused-ring (bicyclic) bond motifs is 1. The third-order valence-corrected chi connectivity index (χ3v) is 5.28. The van der Waals surface area contributed by atoms with Crippen LogP contribution in [-0.2, 0) is 16.9 Å². The van der Waals surface area contributed by atoms with Gasteiger partial charge in [0.25, 0.3) is 0 Å². The molecule has 29 heavy (non-hydrogen) atoms. The zero-order valence-corrected chi connectivity index (χ0v) is 15.6. The van der Waals surface area contributed by atoms with Gasteiger partial charge < -0.3 is 15.5 Å². The van der Waals surface area contributed by atoms with Crippen molar-refractivity contribution in [3.8, 4) is 11.8 Å². The summed E-state index contributed by atoms with van der Waals surface area (Å²) in [6.07, 6.45) is -0.321. The van der Waals surface area contributed by atoms with Crippen LogP contribution in [-0.4, -0.2) is 41.6 Å². The van der Waals surface area contributed by atoms with Crippen molar-refractivity contribution in [3.05, 3.63) is 41.6 Å². The number of rotatable bonds is 2. The van der Waals surface area contributed by atoms with Gasteiger partial charge in [-0.05, 0) is 24.5 Å². The van der Waals surface area contributed by atoms with Crippen LogP contribution in [0.5, 0.6) is 0 Å². The summed E-state index contributed by atoms with van der Waals surface area (Å²) in [5, 5.41) is 5.42. The average Bonchev–Trinajstić information content (AvgIpc) is 3.48. The van der Waals surface area contributed by atoms with E-state index in [-0.39, 0.29) is 29.6 Å². The van der Waals surface area contributed by atoms with Crippen molar-refractivity contribution in [2.24, 2.45) is 5.92 Å². The van der Waals surface area contributed by atoms with Crippen LogP contribution in [0, 0.1) is 17.8 Å². The summed E-state index contributed by atoms with van der Waals surface area (Å²) < 4.78 is 42.9. The van der Waals surface area contributed by atoms with Crippen molar-refractivity contribution in [1.29, 1.82) is 0 Å². The quantitative estimate of drug-likeness (QED) is 0.745. The molecule has 0 radical (unpaired) electrons. The van der Waals surface area contributed by atoms with Gasteiger partial charge in [-0.3, -0.25) is 9.69 Å². The Morgan fingerprint density at radius 2 is 2.03 bits per heavy atom. The van der Waals surface area contributed by atoms with Crippen molar-refractivity contribution >= 4 is 17.6 Å². The van der Waals surface area contributed by atoms with Crippen LogP contribution in [0.25, 0.3) is 0 Å². The Balaban J connectivity index is 1.76. The van der Waals surface area contributed by atoms with Gasteiger partial charge in [-0.15, -0.1) is 0 Å². The number of anilines is 1. The highest BCUT2D eigenvalue weighted by Crippen LogP contribution is 2.48. The predicted molar refractivity (Wildman–Crippen MR) is 99.1 cm³/mol. The highest BCUT2D eigenvalue weighted by atomic mass is 19.4. The third-order valence-electron chi connectivity index (χ3n) is 5.28. The summed E-state index contributed by atoms with van der Waals surface area (Å²) in [5.41, 5.74) is -2.17. The number of benzene rings is 1. The zero-order chi connectivity index (χ0) is 20.8. The number of hydrogen-bond acceptors (Lipinski definition) is 3. The summed E-state index contributed by atoms with van der Waals surface area (Å²) in [6, 6.07) is 3.48. The predicted octanol–water partition coefficient (Wildman–Crippen LogP) is 2.74. The molecule has 1 aromatic rings. The van der Waals surface area contributed by atoms with Crippen LogP contribution in [0.3, 0.4) is 0 Å². The first-order valence-electron chi connectivity index (χ1n) is 9.19. The molecule has 0 spiro atoms. The molecular weight excluding hydrogens is 385 g/mol. The maximum Gasteiger partial charge on any atom is 0.427 e. The third kappa shape index (κ3) is 3.28. The van der Waals surface area contributed by atoms with Crippen molar-refractivity contribution in [2.45, 2.75) is 31.1 Å². The molecule has 2 heterocycles. The number of nitrogens with one attached hydrogen (secondary N) is 2. The van der Waals surface area contributed by atoms with Crippen LogP contribution >= 0.6 is 0 Å². The van der Waals surface area contributed by atoms with Crippen molar-refractivity contribution in [2.75, 3.05) is 19.0 Å². The number of hydrogen-bond donors (Lipinski definition) is 2. The molecular formula is C20H19F3N4O2. The van der Waals surface area contributed by atoms with Gasteiger partial charge in [0.15, 0.2) is 0 Å². The van der Waals surface area contributed by atoms with Gasteiger partial charge >= 0.3 is 12.2 Å². The fraction of sp³-hybridized carbons (Fsp3) is 0.400. The largest absolute Gasteiger partial charge is 0.427 e. The van der Waals surface area contributed by atoms with Crippen molar-refractivity contribution < 1.29 is 22.8 Å². The molecule has 1 fully saturated rings. The number of nitrogens with zero attached hydrogens (tertiary/aromatic N) is 2. The molecule has 6 nitrogen and oxygen atoms in total. The lowest BCUT2D eigenvalue weighted by molar-refractivity contribution is -0.203. The number of urea groups is 1. The molecule has 1 atom stereocenters. The van der Waals surface area contributed by atoms with Gasteiger partial charge in [0.05, 0.1) is 6.67 Å². The molecule has 0 unspecified atom stereocenters. The van der Waals surface area contributed by atoms with Gasteiger partial charge in [0.1, 0.15) is 0 Å². The van der Waals surface area contributed by atoms with E-state index in [0.29, 0.717) is 17.1 Å². The molecule has 0 bridgehead atoms. The van der Waals surface area contributed by atoms with E-state index in [9.17, 15) is 22.8 Å². The Morgan fingerprint density at radius 3 is 2.69 bits per heavy atom. The highest BCUT2D eigenvalue weighted by molar-refractivity contribution is 5.95. The molecule has 1 aliphatic carbocycles. The lowest BCUT2D eigenvalue weighted by atomic mass is 9.84. The van der Waals surface area contributed by atoms with Gasteiger partial charge in [-0.25, -0.2) is 4.79 Å². The molecule has 152 valence electrons. The van der Waals surface area contributed by atoms with E-state index in [0.717, 1.165) is 19.9 Å². The maximum atomic E-state index is 14.3. The molecule has 3 amide bonds. The van der Waals surface area contributed by atoms with Crippen molar-refractivity contribution in [1.82, 2.24) is 15.1 Å². The van der Waals surface area contributed by atoms with Gasteiger partial charge in [-0.2, -0.15) is 13.2 Å². The minimum absolute atomic E-state index is 0.0546. The van der Waals surface area contributed by atoms with E-state index in [2.05, 4.69) is 22.5 Å². The van der Waals surface area contributed by atoms with E-state index in [1.807, 2.05) is 0 Å². The first-order chi connectivity index (χ1) is 13.7. The molecule has 1 aromatic carbocycles. The second-order valence-corrected chi connectivity index (χ2v) is 7.35. The Bertz CT molecular complexity index is 959. The van der Waals surface area contributed by atoms with Gasteiger partial charge in [0.2, 0.25) is 11.4 Å². The van der Waals surface area contributed by atoms with Gasteiger partial charge in [0, 0.05) is 43.0 Å². The lowest BCUT2D eigenvalue weighted by Crippen LogP contribution is -2.59. The minimum atomic E-state index is -4.78. The van der Waals surface area contributed by atoms with E-state index in [1.54, 1.807) is 0 Å². The number of carbonyl (C=O) groups excluding carboxylic acids is 2. The van der Waals surface area contributed by atoms with E-state index >= 15 is 0 Å². The smallest absolute Gasteiger partial charge is 0.373 e. The molecule has 2 N–H and O–H groups in total. The van der Waals surface area contributed by atoms with E-state index in [1.165, 1.54) is 35.4 Å². The highest BCUT2D eigenvalue weighted by Gasteiger charge is 2.62. The van der Waals surface area contributed by atoms with Crippen LogP contribution in [0.15, 0.2) is 30.5 Å². The average molecular weight is 404 g/mol. The minimum Gasteiger partial charge on any atom is -0.373 e.